The lowest BCUT2D eigenvalue weighted by Gasteiger charge is -2.36. The number of anilines is 1. The van der Waals surface area contributed by atoms with E-state index in [2.05, 4.69) is 14.9 Å². The molecule has 1 aliphatic rings. The molecular formula is C25H24F4N4O. The lowest BCUT2D eigenvalue weighted by Crippen LogP contribution is -2.49. The number of carbonyl (C=O) groups excluding carboxylic acids is 1. The predicted molar refractivity (Wildman–Crippen MR) is 120 cm³/mol. The van der Waals surface area contributed by atoms with E-state index in [1.54, 1.807) is 11.0 Å². The number of halogens is 4. The van der Waals surface area contributed by atoms with Crippen LogP contribution in [-0.2, 0) is 12.6 Å². The molecule has 0 atom stereocenters. The Morgan fingerprint density at radius 2 is 1.65 bits per heavy atom. The van der Waals surface area contributed by atoms with Gasteiger partial charge in [-0.2, -0.15) is 13.2 Å². The summed E-state index contributed by atoms with van der Waals surface area (Å²) in [6.45, 7) is 5.55. The van der Waals surface area contributed by atoms with Crippen molar-refractivity contribution in [3.05, 3.63) is 88.1 Å². The zero-order valence-electron chi connectivity index (χ0n) is 18.9. The van der Waals surface area contributed by atoms with Crippen molar-refractivity contribution in [3.8, 4) is 0 Å². The number of amides is 1. The summed E-state index contributed by atoms with van der Waals surface area (Å²) in [5.41, 5.74) is 1.97. The van der Waals surface area contributed by atoms with Crippen LogP contribution < -0.4 is 4.90 Å². The first-order valence-electron chi connectivity index (χ1n) is 10.9. The molecule has 0 aliphatic carbocycles. The third-order valence-electron chi connectivity index (χ3n) is 5.90. The Labute approximate surface area is 195 Å². The van der Waals surface area contributed by atoms with Crippen LogP contribution >= 0.6 is 0 Å². The Bertz CT molecular complexity index is 1190. The Kier molecular flexibility index (Phi) is 6.54. The minimum Gasteiger partial charge on any atom is -0.353 e. The highest BCUT2D eigenvalue weighted by molar-refractivity contribution is 5.94. The second-order valence-corrected chi connectivity index (χ2v) is 8.32. The molecule has 2 aromatic carbocycles. The van der Waals surface area contributed by atoms with Gasteiger partial charge in [0.1, 0.15) is 17.5 Å². The summed E-state index contributed by atoms with van der Waals surface area (Å²) in [5, 5.41) is 0. The van der Waals surface area contributed by atoms with Crippen molar-refractivity contribution >= 4 is 11.7 Å². The maximum Gasteiger partial charge on any atom is 0.416 e. The van der Waals surface area contributed by atoms with Crippen molar-refractivity contribution < 1.29 is 22.4 Å². The van der Waals surface area contributed by atoms with Gasteiger partial charge >= 0.3 is 6.18 Å². The molecule has 4 rings (SSSR count). The molecule has 1 aromatic heterocycles. The molecule has 178 valence electrons. The second kappa shape index (κ2) is 9.40. The molecule has 0 unspecified atom stereocenters. The summed E-state index contributed by atoms with van der Waals surface area (Å²) in [5.74, 6) is 0.776. The molecule has 0 spiro atoms. The fourth-order valence-electron chi connectivity index (χ4n) is 4.14. The van der Waals surface area contributed by atoms with Crippen LogP contribution in [0.25, 0.3) is 0 Å². The van der Waals surface area contributed by atoms with Crippen molar-refractivity contribution in [1.82, 2.24) is 14.9 Å². The number of hydrogen-bond acceptors (Lipinski definition) is 4. The lowest BCUT2D eigenvalue weighted by atomic mass is 10.0. The second-order valence-electron chi connectivity index (χ2n) is 8.32. The summed E-state index contributed by atoms with van der Waals surface area (Å²) >= 11 is 0. The topological polar surface area (TPSA) is 49.3 Å². The fourth-order valence-corrected chi connectivity index (χ4v) is 4.14. The average molecular weight is 472 g/mol. The van der Waals surface area contributed by atoms with Crippen molar-refractivity contribution in [2.75, 3.05) is 31.1 Å². The summed E-state index contributed by atoms with van der Waals surface area (Å²) in [6, 6.07) is 10.7. The Hall–Kier alpha value is -3.49. The van der Waals surface area contributed by atoms with Crippen LogP contribution in [0.1, 0.15) is 38.6 Å². The van der Waals surface area contributed by atoms with E-state index in [9.17, 15) is 22.4 Å². The number of piperazine rings is 1. The number of aromatic nitrogens is 2. The molecule has 3 aromatic rings. The number of alkyl halides is 3. The molecular weight excluding hydrogens is 448 g/mol. The van der Waals surface area contributed by atoms with Crippen LogP contribution in [0.5, 0.6) is 0 Å². The third-order valence-corrected chi connectivity index (χ3v) is 5.90. The maximum atomic E-state index is 13.7. The zero-order chi connectivity index (χ0) is 24.5. The Morgan fingerprint density at radius 1 is 0.971 bits per heavy atom. The van der Waals surface area contributed by atoms with Crippen LogP contribution in [0.4, 0.5) is 23.4 Å². The SMILES string of the molecule is Cc1nc(C)c(Cc2cccc(F)c2)c(N2CCN(C(=O)c3ccc(C(F)(F)F)cc3)CC2)n1. The molecule has 0 radical (unpaired) electrons. The summed E-state index contributed by atoms with van der Waals surface area (Å²) in [4.78, 5) is 25.7. The molecule has 0 saturated carbocycles. The summed E-state index contributed by atoms with van der Waals surface area (Å²) in [6.07, 6.45) is -3.96. The van der Waals surface area contributed by atoms with Crippen molar-refractivity contribution in [3.63, 3.8) is 0 Å². The molecule has 9 heteroatoms. The highest BCUT2D eigenvalue weighted by Crippen LogP contribution is 2.30. The quantitative estimate of drug-likeness (QED) is 0.512. The highest BCUT2D eigenvalue weighted by Gasteiger charge is 2.31. The van der Waals surface area contributed by atoms with Gasteiger partial charge in [0.15, 0.2) is 0 Å². The van der Waals surface area contributed by atoms with Gasteiger partial charge < -0.3 is 9.80 Å². The van der Waals surface area contributed by atoms with Gasteiger partial charge in [0, 0.05) is 49.4 Å². The van der Waals surface area contributed by atoms with Crippen LogP contribution in [-0.4, -0.2) is 47.0 Å². The van der Waals surface area contributed by atoms with Gasteiger partial charge in [0.2, 0.25) is 0 Å². The third kappa shape index (κ3) is 5.18. The van der Waals surface area contributed by atoms with Crippen LogP contribution in [0.2, 0.25) is 0 Å². The first kappa shape index (κ1) is 23.7. The number of hydrogen-bond donors (Lipinski definition) is 0. The predicted octanol–water partition coefficient (Wildman–Crippen LogP) is 4.80. The van der Waals surface area contributed by atoms with Gasteiger partial charge in [-0.1, -0.05) is 12.1 Å². The van der Waals surface area contributed by atoms with E-state index >= 15 is 0 Å². The number of aryl methyl sites for hydroxylation is 2. The molecule has 0 N–H and O–H groups in total. The van der Waals surface area contributed by atoms with E-state index in [0.717, 1.165) is 34.8 Å². The number of benzene rings is 2. The molecule has 1 amide bonds. The first-order chi connectivity index (χ1) is 16.1. The zero-order valence-corrected chi connectivity index (χ0v) is 18.9. The standard InChI is InChI=1S/C25H24F4N4O/c1-16-22(15-18-4-3-5-21(26)14-18)23(31-17(2)30-16)32-10-12-33(13-11-32)24(34)19-6-8-20(9-7-19)25(27,28)29/h3-9,14H,10-13,15H2,1-2H3. The normalized spacial score (nSPS) is 14.4. The minimum atomic E-state index is -4.44. The smallest absolute Gasteiger partial charge is 0.353 e. The van der Waals surface area contributed by atoms with Crippen LogP contribution in [0.15, 0.2) is 48.5 Å². The van der Waals surface area contributed by atoms with E-state index < -0.39 is 11.7 Å². The summed E-state index contributed by atoms with van der Waals surface area (Å²) in [7, 11) is 0. The van der Waals surface area contributed by atoms with Gasteiger partial charge in [0.05, 0.1) is 5.56 Å². The Balaban J connectivity index is 1.49. The number of nitrogens with zero attached hydrogens (tertiary/aromatic N) is 4. The van der Waals surface area contributed by atoms with E-state index in [1.807, 2.05) is 19.9 Å². The monoisotopic (exact) mass is 472 g/mol. The average Bonchev–Trinajstić information content (AvgIpc) is 2.80. The highest BCUT2D eigenvalue weighted by atomic mass is 19.4. The molecule has 1 saturated heterocycles. The fraction of sp³-hybridized carbons (Fsp3) is 0.320. The van der Waals surface area contributed by atoms with Gasteiger partial charge in [-0.25, -0.2) is 14.4 Å². The lowest BCUT2D eigenvalue weighted by molar-refractivity contribution is -0.137. The van der Waals surface area contributed by atoms with E-state index in [1.165, 1.54) is 24.3 Å². The van der Waals surface area contributed by atoms with Crippen LogP contribution in [0.3, 0.4) is 0 Å². The van der Waals surface area contributed by atoms with Gasteiger partial charge in [-0.15, -0.1) is 0 Å². The van der Waals surface area contributed by atoms with Crippen molar-refractivity contribution in [2.45, 2.75) is 26.4 Å². The largest absolute Gasteiger partial charge is 0.416 e. The van der Waals surface area contributed by atoms with E-state index in [0.29, 0.717) is 38.4 Å². The number of rotatable bonds is 4. The van der Waals surface area contributed by atoms with Gasteiger partial charge in [0.25, 0.3) is 5.91 Å². The molecule has 1 fully saturated rings. The van der Waals surface area contributed by atoms with Gasteiger partial charge in [-0.3, -0.25) is 4.79 Å². The Morgan fingerprint density at radius 3 is 2.26 bits per heavy atom. The molecule has 1 aliphatic heterocycles. The van der Waals surface area contributed by atoms with Crippen molar-refractivity contribution in [1.29, 1.82) is 0 Å². The van der Waals surface area contributed by atoms with Crippen molar-refractivity contribution in [2.24, 2.45) is 0 Å². The molecule has 2 heterocycles. The minimum absolute atomic E-state index is 0.224. The van der Waals surface area contributed by atoms with E-state index in [-0.39, 0.29) is 17.3 Å². The van der Waals surface area contributed by atoms with E-state index in [4.69, 9.17) is 0 Å². The molecule has 0 bridgehead atoms. The maximum absolute atomic E-state index is 13.7. The van der Waals surface area contributed by atoms with Gasteiger partial charge in [-0.05, 0) is 55.8 Å². The molecule has 5 nitrogen and oxygen atoms in total. The first-order valence-corrected chi connectivity index (χ1v) is 10.9. The van der Waals surface area contributed by atoms with Crippen LogP contribution in [0, 0.1) is 19.7 Å². The summed E-state index contributed by atoms with van der Waals surface area (Å²) < 4.78 is 52.1. The molecule has 34 heavy (non-hydrogen) atoms. The number of carbonyl (C=O) groups is 1.